The fourth-order valence-corrected chi connectivity index (χ4v) is 3.68. The van der Waals surface area contributed by atoms with Crippen LogP contribution in [0.2, 0.25) is 0 Å². The molecule has 0 bridgehead atoms. The molecule has 0 aromatic carbocycles. The van der Waals surface area contributed by atoms with Gasteiger partial charge in [-0.15, -0.1) is 21.5 Å². The first-order chi connectivity index (χ1) is 8.26. The molecule has 0 spiro atoms. The first kappa shape index (κ1) is 11.6. The minimum Gasteiger partial charge on any atom is -0.314 e. The van der Waals surface area contributed by atoms with Crippen LogP contribution in [0.5, 0.6) is 0 Å². The summed E-state index contributed by atoms with van der Waals surface area (Å²) in [5, 5.41) is 14.8. The summed E-state index contributed by atoms with van der Waals surface area (Å²) in [6.45, 7) is 3.42. The summed E-state index contributed by atoms with van der Waals surface area (Å²) < 4.78 is 0. The molecule has 1 aromatic rings. The van der Waals surface area contributed by atoms with Crippen molar-refractivity contribution in [2.45, 2.75) is 63.3 Å². The zero-order valence-electron chi connectivity index (χ0n) is 10.5. The van der Waals surface area contributed by atoms with Crippen LogP contribution in [0.3, 0.4) is 0 Å². The molecule has 4 heteroatoms. The molecule has 2 aliphatic carbocycles. The van der Waals surface area contributed by atoms with Gasteiger partial charge in [0, 0.05) is 24.4 Å². The quantitative estimate of drug-likeness (QED) is 0.874. The van der Waals surface area contributed by atoms with Crippen molar-refractivity contribution in [2.24, 2.45) is 0 Å². The third kappa shape index (κ3) is 2.68. The predicted molar refractivity (Wildman–Crippen MR) is 70.5 cm³/mol. The fraction of sp³-hybridized carbons (Fsp3) is 0.846. The van der Waals surface area contributed by atoms with E-state index in [0.29, 0.717) is 5.41 Å². The van der Waals surface area contributed by atoms with Gasteiger partial charge >= 0.3 is 0 Å². The second kappa shape index (κ2) is 4.65. The Bertz CT molecular complexity index is 378. The Labute approximate surface area is 107 Å². The van der Waals surface area contributed by atoms with Crippen molar-refractivity contribution in [3.05, 3.63) is 10.0 Å². The molecule has 0 unspecified atom stereocenters. The maximum absolute atomic E-state index is 4.42. The Morgan fingerprint density at radius 3 is 2.76 bits per heavy atom. The molecule has 2 saturated carbocycles. The van der Waals surface area contributed by atoms with Gasteiger partial charge in [-0.1, -0.05) is 19.8 Å². The summed E-state index contributed by atoms with van der Waals surface area (Å²) >= 11 is 1.84. The molecular weight excluding hydrogens is 230 g/mol. The van der Waals surface area contributed by atoms with Gasteiger partial charge in [-0.2, -0.15) is 0 Å². The van der Waals surface area contributed by atoms with Gasteiger partial charge in [0.15, 0.2) is 0 Å². The van der Waals surface area contributed by atoms with Crippen molar-refractivity contribution in [2.75, 3.05) is 6.54 Å². The van der Waals surface area contributed by atoms with Crippen LogP contribution in [0.25, 0.3) is 0 Å². The molecule has 3 nitrogen and oxygen atoms in total. The van der Waals surface area contributed by atoms with Gasteiger partial charge in [0.1, 0.15) is 10.0 Å². The Balaban J connectivity index is 1.57. The lowest BCUT2D eigenvalue weighted by Gasteiger charge is -2.18. The lowest BCUT2D eigenvalue weighted by atomic mass is 9.90. The molecule has 0 aliphatic heterocycles. The van der Waals surface area contributed by atoms with Crippen LogP contribution in [0.15, 0.2) is 0 Å². The van der Waals surface area contributed by atoms with E-state index >= 15 is 0 Å². The van der Waals surface area contributed by atoms with Crippen molar-refractivity contribution in [3.63, 3.8) is 0 Å². The van der Waals surface area contributed by atoms with E-state index < -0.39 is 0 Å². The van der Waals surface area contributed by atoms with Gasteiger partial charge in [0.05, 0.1) is 0 Å². The van der Waals surface area contributed by atoms with E-state index in [0.717, 1.165) is 19.0 Å². The predicted octanol–water partition coefficient (Wildman–Crippen LogP) is 2.66. The summed E-state index contributed by atoms with van der Waals surface area (Å²) in [5.74, 6) is 0. The molecule has 0 atom stereocenters. The Morgan fingerprint density at radius 2 is 2.06 bits per heavy atom. The Hall–Kier alpha value is -0.480. The van der Waals surface area contributed by atoms with Crippen LogP contribution in [0.4, 0.5) is 0 Å². The summed E-state index contributed by atoms with van der Waals surface area (Å²) in [6.07, 6.45) is 9.07. The number of rotatable bonds is 5. The number of hydrogen-bond donors (Lipinski definition) is 1. The molecule has 0 radical (unpaired) electrons. The van der Waals surface area contributed by atoms with Gasteiger partial charge in [0.2, 0.25) is 0 Å². The van der Waals surface area contributed by atoms with E-state index in [1.165, 1.54) is 48.5 Å². The van der Waals surface area contributed by atoms with Crippen LogP contribution in [-0.4, -0.2) is 22.8 Å². The largest absolute Gasteiger partial charge is 0.314 e. The average molecular weight is 251 g/mol. The van der Waals surface area contributed by atoms with Crippen molar-refractivity contribution in [1.29, 1.82) is 0 Å². The zero-order chi connectivity index (χ0) is 11.7. The Morgan fingerprint density at radius 1 is 1.29 bits per heavy atom. The summed E-state index contributed by atoms with van der Waals surface area (Å²) in [5.41, 5.74) is 0.333. The molecule has 0 amide bonds. The van der Waals surface area contributed by atoms with Crippen molar-refractivity contribution in [1.82, 2.24) is 15.5 Å². The fourth-order valence-electron chi connectivity index (χ4n) is 2.64. The van der Waals surface area contributed by atoms with Crippen molar-refractivity contribution in [3.8, 4) is 0 Å². The van der Waals surface area contributed by atoms with Gasteiger partial charge in [-0.25, -0.2) is 0 Å². The van der Waals surface area contributed by atoms with E-state index in [1.54, 1.807) is 0 Å². The normalized spacial score (nSPS) is 23.1. The van der Waals surface area contributed by atoms with Crippen molar-refractivity contribution >= 4 is 11.3 Å². The lowest BCUT2D eigenvalue weighted by Crippen LogP contribution is -2.19. The first-order valence-corrected chi connectivity index (χ1v) is 7.64. The SMILES string of the molecule is CC1(c2nnc(CCNC3CC3)s2)CCCC1. The smallest absolute Gasteiger partial charge is 0.123 e. The molecule has 1 aromatic heterocycles. The highest BCUT2D eigenvalue weighted by Crippen LogP contribution is 2.41. The van der Waals surface area contributed by atoms with Crippen LogP contribution >= 0.6 is 11.3 Å². The third-order valence-corrected chi connectivity index (χ3v) is 5.33. The maximum atomic E-state index is 4.42. The number of nitrogens with one attached hydrogen (secondary N) is 1. The third-order valence-electron chi connectivity index (χ3n) is 4.04. The van der Waals surface area contributed by atoms with E-state index in [1.807, 2.05) is 11.3 Å². The highest BCUT2D eigenvalue weighted by Gasteiger charge is 2.33. The van der Waals surface area contributed by atoms with Gasteiger partial charge < -0.3 is 5.32 Å². The summed E-state index contributed by atoms with van der Waals surface area (Å²) in [7, 11) is 0. The van der Waals surface area contributed by atoms with Gasteiger partial charge in [-0.3, -0.25) is 0 Å². The van der Waals surface area contributed by atoms with Crippen LogP contribution in [-0.2, 0) is 11.8 Å². The van der Waals surface area contributed by atoms with E-state index in [2.05, 4.69) is 22.4 Å². The highest BCUT2D eigenvalue weighted by molar-refractivity contribution is 7.11. The minimum atomic E-state index is 0.333. The molecule has 1 N–H and O–H groups in total. The molecule has 3 rings (SSSR count). The zero-order valence-corrected chi connectivity index (χ0v) is 11.4. The number of hydrogen-bond acceptors (Lipinski definition) is 4. The van der Waals surface area contributed by atoms with Gasteiger partial charge in [0.25, 0.3) is 0 Å². The number of nitrogens with zero attached hydrogens (tertiary/aromatic N) is 2. The average Bonchev–Trinajstić information content (AvgIpc) is 2.83. The van der Waals surface area contributed by atoms with Crippen LogP contribution < -0.4 is 5.32 Å². The second-order valence-corrected chi connectivity index (χ2v) is 6.81. The van der Waals surface area contributed by atoms with E-state index in [4.69, 9.17) is 0 Å². The van der Waals surface area contributed by atoms with Crippen LogP contribution in [0.1, 0.15) is 55.5 Å². The van der Waals surface area contributed by atoms with Crippen LogP contribution in [0, 0.1) is 0 Å². The van der Waals surface area contributed by atoms with E-state index in [-0.39, 0.29) is 0 Å². The Kier molecular flexibility index (Phi) is 3.17. The molecule has 1 heterocycles. The lowest BCUT2D eigenvalue weighted by molar-refractivity contribution is 0.484. The minimum absolute atomic E-state index is 0.333. The monoisotopic (exact) mass is 251 g/mol. The molecule has 2 aliphatic rings. The van der Waals surface area contributed by atoms with Crippen molar-refractivity contribution < 1.29 is 0 Å². The van der Waals surface area contributed by atoms with Gasteiger partial charge in [-0.05, 0) is 25.7 Å². The van der Waals surface area contributed by atoms with E-state index in [9.17, 15) is 0 Å². The standard InChI is InChI=1S/C13H21N3S/c1-13(7-2-3-8-13)12-16-15-11(17-12)6-9-14-10-4-5-10/h10,14H,2-9H2,1H3. The second-order valence-electron chi connectivity index (χ2n) is 5.75. The topological polar surface area (TPSA) is 37.8 Å². The number of aromatic nitrogens is 2. The highest BCUT2D eigenvalue weighted by atomic mass is 32.1. The maximum Gasteiger partial charge on any atom is 0.123 e. The molecule has 2 fully saturated rings. The summed E-state index contributed by atoms with van der Waals surface area (Å²) in [4.78, 5) is 0. The first-order valence-electron chi connectivity index (χ1n) is 6.82. The molecule has 0 saturated heterocycles. The summed E-state index contributed by atoms with van der Waals surface area (Å²) in [6, 6.07) is 0.801. The molecule has 94 valence electrons. The molecular formula is C13H21N3S. The molecule has 17 heavy (non-hydrogen) atoms.